The highest BCUT2D eigenvalue weighted by Crippen LogP contribution is 2.31. The van der Waals surface area contributed by atoms with Crippen molar-refractivity contribution in [3.05, 3.63) is 59.7 Å². The predicted octanol–water partition coefficient (Wildman–Crippen LogP) is 3.17. The second-order valence-corrected chi connectivity index (χ2v) is 6.26. The van der Waals surface area contributed by atoms with Crippen molar-refractivity contribution in [2.75, 3.05) is 12.4 Å². The molecule has 0 bridgehead atoms. The second kappa shape index (κ2) is 8.72. The van der Waals surface area contributed by atoms with Crippen LogP contribution in [-0.2, 0) is 20.5 Å². The summed E-state index contributed by atoms with van der Waals surface area (Å²) in [5.41, 5.74) is 0.542. The molecule has 1 unspecified atom stereocenters. The number of nitrogens with one attached hydrogen (secondary N) is 2. The van der Waals surface area contributed by atoms with Crippen molar-refractivity contribution in [3.63, 3.8) is 0 Å². The number of tetrazole rings is 1. The second-order valence-electron chi connectivity index (χ2n) is 6.26. The van der Waals surface area contributed by atoms with Gasteiger partial charge in [-0.05, 0) is 47.2 Å². The highest BCUT2D eigenvalue weighted by Gasteiger charge is 2.31. The third-order valence-corrected chi connectivity index (χ3v) is 4.29. The molecule has 0 radical (unpaired) electrons. The van der Waals surface area contributed by atoms with Gasteiger partial charge in [0.1, 0.15) is 0 Å². The fourth-order valence-electron chi connectivity index (χ4n) is 2.77. The predicted molar refractivity (Wildman–Crippen MR) is 99.1 cm³/mol. The number of halogens is 3. The Balaban J connectivity index is 1.70. The van der Waals surface area contributed by atoms with Crippen LogP contribution in [0.1, 0.15) is 23.5 Å². The minimum absolute atomic E-state index is 0.248. The average molecular weight is 419 g/mol. The van der Waals surface area contributed by atoms with Crippen molar-refractivity contribution in [2.24, 2.45) is 0 Å². The first-order valence-electron chi connectivity index (χ1n) is 8.66. The topological polar surface area (TPSA) is 110 Å². The summed E-state index contributed by atoms with van der Waals surface area (Å²) in [4.78, 5) is 24.5. The Morgan fingerprint density at radius 3 is 2.30 bits per heavy atom. The van der Waals surface area contributed by atoms with Gasteiger partial charge in [-0.3, -0.25) is 9.59 Å². The van der Waals surface area contributed by atoms with Gasteiger partial charge in [-0.15, -0.1) is 10.2 Å². The van der Waals surface area contributed by atoms with Gasteiger partial charge in [-0.1, -0.05) is 12.1 Å². The summed E-state index contributed by atoms with van der Waals surface area (Å²) >= 11 is 0. The SMILES string of the molecule is COC(=O)C(CC(=O)Nc1ccc(-c2nn[nH]n2)cc1)c1ccc(C(F)(F)F)cc1. The monoisotopic (exact) mass is 419 g/mol. The zero-order valence-corrected chi connectivity index (χ0v) is 15.6. The number of methoxy groups -OCH3 is 1. The lowest BCUT2D eigenvalue weighted by Crippen LogP contribution is -2.22. The summed E-state index contributed by atoms with van der Waals surface area (Å²) < 4.78 is 43.0. The molecule has 1 atom stereocenters. The molecule has 1 amide bonds. The number of nitrogens with zero attached hydrogens (tertiary/aromatic N) is 3. The van der Waals surface area contributed by atoms with E-state index in [2.05, 4.69) is 25.9 Å². The highest BCUT2D eigenvalue weighted by atomic mass is 19.4. The van der Waals surface area contributed by atoms with E-state index in [1.165, 1.54) is 0 Å². The summed E-state index contributed by atoms with van der Waals surface area (Å²) in [7, 11) is 1.15. The Hall–Kier alpha value is -3.76. The number of carbonyl (C=O) groups excluding carboxylic acids is 2. The Kier molecular flexibility index (Phi) is 6.09. The zero-order valence-electron chi connectivity index (χ0n) is 15.6. The molecule has 2 aromatic carbocycles. The fourth-order valence-corrected chi connectivity index (χ4v) is 2.77. The van der Waals surface area contributed by atoms with E-state index in [1.807, 2.05) is 0 Å². The third kappa shape index (κ3) is 4.99. The standard InChI is InChI=1S/C19H16F3N5O3/c1-30-18(29)15(11-2-6-13(7-3-11)19(20,21)22)10-16(28)23-14-8-4-12(5-9-14)17-24-26-27-25-17/h2-9,15H,10H2,1H3,(H,23,28)(H,24,25,26,27). The number of esters is 1. The van der Waals surface area contributed by atoms with Crippen LogP contribution in [0.3, 0.4) is 0 Å². The largest absolute Gasteiger partial charge is 0.469 e. The molecule has 3 rings (SSSR count). The number of hydrogen-bond acceptors (Lipinski definition) is 6. The lowest BCUT2D eigenvalue weighted by molar-refractivity contribution is -0.143. The summed E-state index contributed by atoms with van der Waals surface area (Å²) in [6, 6.07) is 10.6. The van der Waals surface area contributed by atoms with E-state index in [-0.39, 0.29) is 12.0 Å². The van der Waals surface area contributed by atoms with Crippen molar-refractivity contribution in [1.29, 1.82) is 0 Å². The van der Waals surface area contributed by atoms with Crippen molar-refractivity contribution in [2.45, 2.75) is 18.5 Å². The number of aromatic nitrogens is 4. The Morgan fingerprint density at radius 1 is 1.10 bits per heavy atom. The summed E-state index contributed by atoms with van der Waals surface area (Å²) in [6.45, 7) is 0. The first-order valence-corrected chi connectivity index (χ1v) is 8.66. The quantitative estimate of drug-likeness (QED) is 0.594. The molecule has 0 saturated heterocycles. The van der Waals surface area contributed by atoms with Crippen LogP contribution >= 0.6 is 0 Å². The number of H-pyrrole nitrogens is 1. The number of rotatable bonds is 6. The van der Waals surface area contributed by atoms with Crippen LogP contribution < -0.4 is 5.32 Å². The van der Waals surface area contributed by atoms with Crippen LogP contribution in [0.5, 0.6) is 0 Å². The van der Waals surface area contributed by atoms with E-state index < -0.39 is 29.5 Å². The van der Waals surface area contributed by atoms with Crippen LogP contribution in [0.15, 0.2) is 48.5 Å². The average Bonchev–Trinajstić information content (AvgIpc) is 3.26. The lowest BCUT2D eigenvalue weighted by Gasteiger charge is -2.16. The molecular formula is C19H16F3N5O3. The van der Waals surface area contributed by atoms with Gasteiger partial charge in [0.15, 0.2) is 0 Å². The van der Waals surface area contributed by atoms with Gasteiger partial charge in [-0.2, -0.15) is 18.4 Å². The number of hydrogen-bond donors (Lipinski definition) is 2. The molecule has 30 heavy (non-hydrogen) atoms. The molecule has 0 spiro atoms. The van der Waals surface area contributed by atoms with Gasteiger partial charge in [0.2, 0.25) is 11.7 Å². The molecule has 1 heterocycles. The molecule has 3 aromatic rings. The summed E-state index contributed by atoms with van der Waals surface area (Å²) in [5.74, 6) is -1.88. The molecule has 0 aliphatic carbocycles. The van der Waals surface area contributed by atoms with Gasteiger partial charge >= 0.3 is 12.1 Å². The molecule has 0 aliphatic heterocycles. The Bertz CT molecular complexity index is 1000. The minimum atomic E-state index is -4.50. The van der Waals surface area contributed by atoms with E-state index >= 15 is 0 Å². The van der Waals surface area contributed by atoms with Crippen LogP contribution in [-0.4, -0.2) is 39.6 Å². The van der Waals surface area contributed by atoms with Crippen LogP contribution in [0.25, 0.3) is 11.4 Å². The van der Waals surface area contributed by atoms with Gasteiger partial charge in [-0.25, -0.2) is 0 Å². The number of anilines is 1. The van der Waals surface area contributed by atoms with E-state index in [0.29, 0.717) is 17.1 Å². The van der Waals surface area contributed by atoms with E-state index in [4.69, 9.17) is 4.74 Å². The number of carbonyl (C=O) groups is 2. The third-order valence-electron chi connectivity index (χ3n) is 4.29. The number of amides is 1. The van der Waals surface area contributed by atoms with Crippen molar-refractivity contribution >= 4 is 17.6 Å². The maximum atomic E-state index is 12.7. The van der Waals surface area contributed by atoms with Crippen LogP contribution in [0.2, 0.25) is 0 Å². The summed E-state index contributed by atoms with van der Waals surface area (Å²) in [5, 5.41) is 16.1. The fraction of sp³-hybridized carbons (Fsp3) is 0.211. The maximum absolute atomic E-state index is 12.7. The molecule has 11 heteroatoms. The minimum Gasteiger partial charge on any atom is -0.469 e. The van der Waals surface area contributed by atoms with E-state index in [0.717, 1.165) is 31.4 Å². The number of benzene rings is 2. The number of alkyl halides is 3. The summed E-state index contributed by atoms with van der Waals surface area (Å²) in [6.07, 6.45) is -4.80. The molecule has 0 fully saturated rings. The van der Waals surface area contributed by atoms with Crippen LogP contribution in [0, 0.1) is 0 Å². The first-order chi connectivity index (χ1) is 14.3. The van der Waals surface area contributed by atoms with Gasteiger partial charge in [0.25, 0.3) is 0 Å². The van der Waals surface area contributed by atoms with Crippen molar-refractivity contribution < 1.29 is 27.5 Å². The molecule has 1 aromatic heterocycles. The molecule has 2 N–H and O–H groups in total. The molecule has 8 nitrogen and oxygen atoms in total. The normalized spacial score (nSPS) is 12.3. The van der Waals surface area contributed by atoms with E-state index in [9.17, 15) is 22.8 Å². The molecule has 156 valence electrons. The number of aromatic amines is 1. The van der Waals surface area contributed by atoms with Gasteiger partial charge < -0.3 is 10.1 Å². The zero-order chi connectivity index (χ0) is 21.7. The Labute approximate surface area is 168 Å². The number of ether oxygens (including phenoxy) is 1. The highest BCUT2D eigenvalue weighted by molar-refractivity contribution is 5.95. The van der Waals surface area contributed by atoms with Crippen molar-refractivity contribution in [1.82, 2.24) is 20.6 Å². The maximum Gasteiger partial charge on any atom is 0.416 e. The molecule has 0 aliphatic rings. The smallest absolute Gasteiger partial charge is 0.416 e. The van der Waals surface area contributed by atoms with Gasteiger partial charge in [0.05, 0.1) is 18.6 Å². The van der Waals surface area contributed by atoms with Gasteiger partial charge in [0, 0.05) is 17.7 Å². The molecule has 0 saturated carbocycles. The Morgan fingerprint density at radius 2 is 1.77 bits per heavy atom. The lowest BCUT2D eigenvalue weighted by atomic mass is 9.94. The first kappa shape index (κ1) is 21.0. The van der Waals surface area contributed by atoms with Crippen molar-refractivity contribution in [3.8, 4) is 11.4 Å². The van der Waals surface area contributed by atoms with E-state index in [1.54, 1.807) is 24.3 Å². The molecular weight excluding hydrogens is 403 g/mol. The van der Waals surface area contributed by atoms with Crippen LogP contribution in [0.4, 0.5) is 18.9 Å².